The first kappa shape index (κ1) is 21.3. The molecule has 6 heteroatoms. The fourth-order valence-electron chi connectivity index (χ4n) is 3.77. The number of piperazine rings is 1. The van der Waals surface area contributed by atoms with Crippen molar-refractivity contribution in [2.45, 2.75) is 20.0 Å². The molecule has 0 amide bonds. The first-order chi connectivity index (χ1) is 14.2. The quantitative estimate of drug-likeness (QED) is 0.643. The number of benzene rings is 2. The van der Waals surface area contributed by atoms with Crippen molar-refractivity contribution in [3.63, 3.8) is 0 Å². The molecule has 0 spiro atoms. The average Bonchev–Trinajstić information content (AvgIpc) is 2.75. The van der Waals surface area contributed by atoms with E-state index in [9.17, 15) is 0 Å². The summed E-state index contributed by atoms with van der Waals surface area (Å²) >= 11 is 0. The van der Waals surface area contributed by atoms with Crippen LogP contribution < -0.4 is 18.9 Å². The molecule has 0 unspecified atom stereocenters. The van der Waals surface area contributed by atoms with Gasteiger partial charge in [0.15, 0.2) is 23.0 Å². The lowest BCUT2D eigenvalue weighted by atomic mass is 10.1. The van der Waals surface area contributed by atoms with Crippen LogP contribution in [0.15, 0.2) is 36.4 Å². The summed E-state index contributed by atoms with van der Waals surface area (Å²) in [5, 5.41) is 0. The highest BCUT2D eigenvalue weighted by Gasteiger charge is 2.20. The summed E-state index contributed by atoms with van der Waals surface area (Å²) in [6.07, 6.45) is 0. The SMILES string of the molecule is CCOc1cc(CN2CCN(Cc3cccc(OC)c3OC)CC2)ccc1OC. The Labute approximate surface area is 173 Å². The molecule has 2 aromatic rings. The fourth-order valence-corrected chi connectivity index (χ4v) is 3.77. The van der Waals surface area contributed by atoms with E-state index in [1.807, 2.05) is 25.1 Å². The minimum absolute atomic E-state index is 0.631. The zero-order valence-electron chi connectivity index (χ0n) is 17.9. The van der Waals surface area contributed by atoms with E-state index in [0.29, 0.717) is 6.61 Å². The number of hydrogen-bond acceptors (Lipinski definition) is 6. The maximum Gasteiger partial charge on any atom is 0.165 e. The lowest BCUT2D eigenvalue weighted by Crippen LogP contribution is -2.45. The Morgan fingerprint density at radius 1 is 0.759 bits per heavy atom. The van der Waals surface area contributed by atoms with Crippen LogP contribution in [0.1, 0.15) is 18.1 Å². The Kier molecular flexibility index (Phi) is 7.61. The molecule has 1 aliphatic rings. The van der Waals surface area contributed by atoms with Gasteiger partial charge in [0.05, 0.1) is 27.9 Å². The zero-order valence-corrected chi connectivity index (χ0v) is 17.9. The third-order valence-electron chi connectivity index (χ3n) is 5.28. The molecule has 6 nitrogen and oxygen atoms in total. The van der Waals surface area contributed by atoms with Crippen LogP contribution in [0.4, 0.5) is 0 Å². The van der Waals surface area contributed by atoms with Gasteiger partial charge in [-0.05, 0) is 30.7 Å². The lowest BCUT2D eigenvalue weighted by molar-refractivity contribution is 0.121. The number of methoxy groups -OCH3 is 3. The number of rotatable bonds is 9. The predicted molar refractivity (Wildman–Crippen MR) is 114 cm³/mol. The topological polar surface area (TPSA) is 43.4 Å². The largest absolute Gasteiger partial charge is 0.493 e. The monoisotopic (exact) mass is 400 g/mol. The van der Waals surface area contributed by atoms with Crippen LogP contribution in [0.2, 0.25) is 0 Å². The second-order valence-corrected chi connectivity index (χ2v) is 7.12. The maximum atomic E-state index is 5.71. The first-order valence-electron chi connectivity index (χ1n) is 10.1. The Hall–Kier alpha value is -2.44. The van der Waals surface area contributed by atoms with Crippen LogP contribution in [-0.2, 0) is 13.1 Å². The minimum atomic E-state index is 0.631. The molecule has 0 radical (unpaired) electrons. The predicted octanol–water partition coefficient (Wildman–Crippen LogP) is 3.43. The summed E-state index contributed by atoms with van der Waals surface area (Å²) in [5.41, 5.74) is 2.41. The number of para-hydroxylation sites is 1. The molecule has 0 bridgehead atoms. The smallest absolute Gasteiger partial charge is 0.165 e. The second-order valence-electron chi connectivity index (χ2n) is 7.12. The van der Waals surface area contributed by atoms with Gasteiger partial charge in [0.25, 0.3) is 0 Å². The molecule has 0 N–H and O–H groups in total. The van der Waals surface area contributed by atoms with E-state index in [0.717, 1.165) is 67.8 Å². The fraction of sp³-hybridized carbons (Fsp3) is 0.478. The van der Waals surface area contributed by atoms with E-state index < -0.39 is 0 Å². The molecule has 2 aromatic carbocycles. The molecule has 3 rings (SSSR count). The highest BCUT2D eigenvalue weighted by molar-refractivity contribution is 5.46. The van der Waals surface area contributed by atoms with Crippen LogP contribution in [0.5, 0.6) is 23.0 Å². The third-order valence-corrected chi connectivity index (χ3v) is 5.28. The van der Waals surface area contributed by atoms with Gasteiger partial charge in [0.2, 0.25) is 0 Å². The summed E-state index contributed by atoms with van der Waals surface area (Å²) in [7, 11) is 5.05. The van der Waals surface area contributed by atoms with Gasteiger partial charge < -0.3 is 18.9 Å². The van der Waals surface area contributed by atoms with E-state index in [2.05, 4.69) is 28.0 Å². The van der Waals surface area contributed by atoms with E-state index in [4.69, 9.17) is 18.9 Å². The minimum Gasteiger partial charge on any atom is -0.493 e. The van der Waals surface area contributed by atoms with Crippen LogP contribution in [0.25, 0.3) is 0 Å². The third kappa shape index (κ3) is 5.34. The van der Waals surface area contributed by atoms with Crippen LogP contribution in [0, 0.1) is 0 Å². The van der Waals surface area contributed by atoms with Crippen molar-refractivity contribution in [2.75, 3.05) is 54.1 Å². The number of nitrogens with zero attached hydrogens (tertiary/aromatic N) is 2. The number of ether oxygens (including phenoxy) is 4. The van der Waals surface area contributed by atoms with Crippen molar-refractivity contribution in [1.82, 2.24) is 9.80 Å². The normalized spacial score (nSPS) is 15.2. The Bertz CT molecular complexity index is 788. The van der Waals surface area contributed by atoms with Gasteiger partial charge in [0.1, 0.15) is 0 Å². The lowest BCUT2D eigenvalue weighted by Gasteiger charge is -2.35. The molecular formula is C23H32N2O4. The van der Waals surface area contributed by atoms with Gasteiger partial charge in [-0.25, -0.2) is 0 Å². The summed E-state index contributed by atoms with van der Waals surface area (Å²) < 4.78 is 22.1. The first-order valence-corrected chi connectivity index (χ1v) is 10.1. The van der Waals surface area contributed by atoms with E-state index in [-0.39, 0.29) is 0 Å². The molecular weight excluding hydrogens is 368 g/mol. The number of hydrogen-bond donors (Lipinski definition) is 0. The molecule has 1 heterocycles. The summed E-state index contributed by atoms with van der Waals surface area (Å²) in [5.74, 6) is 3.22. The summed E-state index contributed by atoms with van der Waals surface area (Å²) in [4.78, 5) is 4.95. The molecule has 0 atom stereocenters. The highest BCUT2D eigenvalue weighted by Crippen LogP contribution is 2.32. The average molecular weight is 401 g/mol. The zero-order chi connectivity index (χ0) is 20.6. The second kappa shape index (κ2) is 10.4. The van der Waals surface area contributed by atoms with Crippen molar-refractivity contribution in [1.29, 1.82) is 0 Å². The van der Waals surface area contributed by atoms with Crippen LogP contribution in [0.3, 0.4) is 0 Å². The maximum absolute atomic E-state index is 5.71. The summed E-state index contributed by atoms with van der Waals surface area (Å²) in [6.45, 7) is 8.51. The van der Waals surface area contributed by atoms with Gasteiger partial charge >= 0.3 is 0 Å². The van der Waals surface area contributed by atoms with E-state index in [1.54, 1.807) is 21.3 Å². The highest BCUT2D eigenvalue weighted by atomic mass is 16.5. The van der Waals surface area contributed by atoms with Crippen molar-refractivity contribution in [2.24, 2.45) is 0 Å². The Morgan fingerprint density at radius 3 is 2.07 bits per heavy atom. The van der Waals surface area contributed by atoms with Crippen molar-refractivity contribution in [3.8, 4) is 23.0 Å². The molecule has 0 aliphatic carbocycles. The van der Waals surface area contributed by atoms with Gasteiger partial charge in [-0.1, -0.05) is 18.2 Å². The van der Waals surface area contributed by atoms with Crippen molar-refractivity contribution >= 4 is 0 Å². The van der Waals surface area contributed by atoms with Gasteiger partial charge in [-0.2, -0.15) is 0 Å². The Morgan fingerprint density at radius 2 is 1.45 bits per heavy atom. The van der Waals surface area contributed by atoms with Crippen molar-refractivity contribution < 1.29 is 18.9 Å². The van der Waals surface area contributed by atoms with E-state index >= 15 is 0 Å². The molecule has 1 aliphatic heterocycles. The molecule has 0 aromatic heterocycles. The Balaban J connectivity index is 1.57. The molecule has 29 heavy (non-hydrogen) atoms. The van der Waals surface area contributed by atoms with Crippen LogP contribution >= 0.6 is 0 Å². The van der Waals surface area contributed by atoms with Gasteiger partial charge in [-0.3, -0.25) is 9.80 Å². The van der Waals surface area contributed by atoms with E-state index in [1.165, 1.54) is 5.56 Å². The standard InChI is InChI=1S/C23H32N2O4/c1-5-29-22-15-18(9-10-20(22)26-2)16-24-11-13-25(14-12-24)17-19-7-6-8-21(27-3)23(19)28-4/h6-10,15H,5,11-14,16-17H2,1-4H3. The summed E-state index contributed by atoms with van der Waals surface area (Å²) in [6, 6.07) is 12.3. The molecule has 1 fully saturated rings. The molecule has 158 valence electrons. The van der Waals surface area contributed by atoms with Gasteiger partial charge in [0, 0.05) is 44.8 Å². The molecule has 1 saturated heterocycles. The van der Waals surface area contributed by atoms with Crippen LogP contribution in [-0.4, -0.2) is 63.9 Å². The molecule has 0 saturated carbocycles. The van der Waals surface area contributed by atoms with Gasteiger partial charge in [-0.15, -0.1) is 0 Å². The van der Waals surface area contributed by atoms with Crippen molar-refractivity contribution in [3.05, 3.63) is 47.5 Å².